The van der Waals surface area contributed by atoms with Crippen molar-refractivity contribution in [2.45, 2.75) is 13.1 Å². The Kier molecular flexibility index (Phi) is 4.93. The Bertz CT molecular complexity index is 1030. The molecule has 1 N–H and O–H groups in total. The summed E-state index contributed by atoms with van der Waals surface area (Å²) < 4.78 is 14.0. The summed E-state index contributed by atoms with van der Waals surface area (Å²) in [4.78, 5) is 12.8. The van der Waals surface area contributed by atoms with E-state index in [-0.39, 0.29) is 17.9 Å². The number of rotatable bonds is 7. The zero-order valence-electron chi connectivity index (χ0n) is 14.9. The summed E-state index contributed by atoms with van der Waals surface area (Å²) in [5, 5.41) is 8.46. The molecule has 0 radical (unpaired) electrons. The number of ether oxygens (including phenoxy) is 2. The first-order valence-corrected chi connectivity index (χ1v) is 8.19. The van der Waals surface area contributed by atoms with Gasteiger partial charge in [0.15, 0.2) is 17.3 Å². The summed E-state index contributed by atoms with van der Waals surface area (Å²) in [6.45, 7) is 4.33. The van der Waals surface area contributed by atoms with Crippen molar-refractivity contribution in [3.8, 4) is 11.5 Å². The van der Waals surface area contributed by atoms with Crippen LogP contribution in [-0.2, 0) is 13.1 Å². The molecule has 134 valence electrons. The number of para-hydroxylation sites is 2. The highest BCUT2D eigenvalue weighted by Gasteiger charge is 2.15. The van der Waals surface area contributed by atoms with Crippen LogP contribution >= 0.6 is 0 Å². The van der Waals surface area contributed by atoms with E-state index >= 15 is 0 Å². The van der Waals surface area contributed by atoms with E-state index in [0.29, 0.717) is 23.6 Å². The summed E-state index contributed by atoms with van der Waals surface area (Å²) in [5.74, 6) is 0.968. The third-order valence-electron chi connectivity index (χ3n) is 4.29. The molecule has 0 saturated heterocycles. The van der Waals surface area contributed by atoms with Crippen molar-refractivity contribution < 1.29 is 14.3 Å². The molecule has 1 heterocycles. The maximum absolute atomic E-state index is 12.8. The zero-order chi connectivity index (χ0) is 18.7. The fourth-order valence-corrected chi connectivity index (χ4v) is 3.01. The van der Waals surface area contributed by atoms with Crippen molar-refractivity contribution in [3.63, 3.8) is 0 Å². The number of nitrogens with zero attached hydrogens (tertiary/aromatic N) is 2. The van der Waals surface area contributed by atoms with Crippen molar-refractivity contribution in [2.75, 3.05) is 14.2 Å². The Morgan fingerprint density at radius 2 is 1.73 bits per heavy atom. The van der Waals surface area contributed by atoms with Crippen LogP contribution in [0.15, 0.2) is 55.1 Å². The average molecular weight is 351 g/mol. The van der Waals surface area contributed by atoms with Gasteiger partial charge < -0.3 is 18.6 Å². The van der Waals surface area contributed by atoms with E-state index in [9.17, 15) is 4.79 Å². The van der Waals surface area contributed by atoms with E-state index in [1.807, 2.05) is 28.8 Å². The fraction of sp³-hybridized carbons (Fsp3) is 0.200. The number of hydrogen-bond acceptors (Lipinski definition) is 4. The Morgan fingerprint density at radius 3 is 2.35 bits per heavy atom. The second-order valence-electron chi connectivity index (χ2n) is 5.79. The van der Waals surface area contributed by atoms with Gasteiger partial charge in [0.1, 0.15) is 0 Å². The predicted octanol–water partition coefficient (Wildman–Crippen LogP) is 3.01. The molecule has 26 heavy (non-hydrogen) atoms. The molecule has 0 saturated carbocycles. The number of aromatic nitrogens is 2. The highest BCUT2D eigenvalue weighted by Crippen LogP contribution is 2.28. The van der Waals surface area contributed by atoms with Crippen molar-refractivity contribution in [1.82, 2.24) is 9.13 Å². The molecule has 0 fully saturated rings. The number of benzene rings is 2. The molecule has 6 nitrogen and oxygen atoms in total. The molecule has 0 unspecified atom stereocenters. The molecule has 1 aromatic heterocycles. The molecule has 0 aliphatic heterocycles. The van der Waals surface area contributed by atoms with Gasteiger partial charge in [0, 0.05) is 12.1 Å². The number of ketones is 1. The normalized spacial score (nSPS) is 10.7. The van der Waals surface area contributed by atoms with Crippen LogP contribution in [0.1, 0.15) is 10.4 Å². The number of nitrogens with one attached hydrogen (secondary N) is 1. The topological polar surface area (TPSA) is 69.2 Å². The third kappa shape index (κ3) is 3.01. The minimum atomic E-state index is -0.106. The van der Waals surface area contributed by atoms with Gasteiger partial charge in [-0.05, 0) is 30.3 Å². The second-order valence-corrected chi connectivity index (χ2v) is 5.79. The van der Waals surface area contributed by atoms with Crippen LogP contribution in [-0.4, -0.2) is 29.1 Å². The fourth-order valence-electron chi connectivity index (χ4n) is 3.01. The quantitative estimate of drug-likeness (QED) is 0.525. The second kappa shape index (κ2) is 7.31. The summed E-state index contributed by atoms with van der Waals surface area (Å²) in [6, 6.07) is 12.7. The zero-order valence-corrected chi connectivity index (χ0v) is 14.9. The van der Waals surface area contributed by atoms with E-state index < -0.39 is 0 Å². The molecular formula is C20H21N3O3. The standard InChI is InChI=1S/C20H21N3O3/c1-4-11-22-15-7-5-6-8-16(15)23(20(22)21)13-17(24)14-9-10-18(25-2)19(12-14)26-3/h4-10,12,21H,1,11,13H2,2-3H3. The summed E-state index contributed by atoms with van der Waals surface area (Å²) in [6.07, 6.45) is 1.74. The summed E-state index contributed by atoms with van der Waals surface area (Å²) in [7, 11) is 3.09. The van der Waals surface area contributed by atoms with Gasteiger partial charge in [0.05, 0.1) is 31.8 Å². The van der Waals surface area contributed by atoms with Gasteiger partial charge in [0.25, 0.3) is 0 Å². The van der Waals surface area contributed by atoms with E-state index in [0.717, 1.165) is 11.0 Å². The Morgan fingerprint density at radius 1 is 1.08 bits per heavy atom. The number of fused-ring (bicyclic) bond motifs is 1. The minimum Gasteiger partial charge on any atom is -0.493 e. The molecule has 2 aromatic carbocycles. The highest BCUT2D eigenvalue weighted by atomic mass is 16.5. The molecule has 3 rings (SSSR count). The van der Waals surface area contributed by atoms with Gasteiger partial charge in [-0.25, -0.2) is 0 Å². The van der Waals surface area contributed by atoms with Crippen molar-refractivity contribution in [2.24, 2.45) is 0 Å². The number of carbonyl (C=O) groups excluding carboxylic acids is 1. The van der Waals surface area contributed by atoms with Gasteiger partial charge in [-0.1, -0.05) is 18.2 Å². The van der Waals surface area contributed by atoms with Gasteiger partial charge in [-0.15, -0.1) is 6.58 Å². The number of hydrogen-bond donors (Lipinski definition) is 1. The lowest BCUT2D eigenvalue weighted by Crippen LogP contribution is -2.27. The largest absolute Gasteiger partial charge is 0.493 e. The van der Waals surface area contributed by atoms with Crippen LogP contribution < -0.4 is 15.1 Å². The predicted molar refractivity (Wildman–Crippen MR) is 99.9 cm³/mol. The molecule has 0 aliphatic rings. The first-order valence-electron chi connectivity index (χ1n) is 8.19. The number of Topliss-reactive ketones (excluding diaryl/α,β-unsaturated/α-hetero) is 1. The number of imidazole rings is 1. The van der Waals surface area contributed by atoms with Crippen molar-refractivity contribution in [3.05, 3.63) is 66.3 Å². The molecule has 0 bridgehead atoms. The molecule has 0 aliphatic carbocycles. The molecule has 0 amide bonds. The monoisotopic (exact) mass is 351 g/mol. The molecule has 0 atom stereocenters. The van der Waals surface area contributed by atoms with E-state index in [1.54, 1.807) is 36.0 Å². The molecular weight excluding hydrogens is 330 g/mol. The van der Waals surface area contributed by atoms with Gasteiger partial charge in [0.2, 0.25) is 5.62 Å². The highest BCUT2D eigenvalue weighted by molar-refractivity contribution is 5.97. The minimum absolute atomic E-state index is 0.0684. The first kappa shape index (κ1) is 17.5. The summed E-state index contributed by atoms with van der Waals surface area (Å²) >= 11 is 0. The lowest BCUT2D eigenvalue weighted by Gasteiger charge is -2.09. The van der Waals surface area contributed by atoms with Crippen LogP contribution in [0.4, 0.5) is 0 Å². The summed E-state index contributed by atoms with van der Waals surface area (Å²) in [5.41, 5.74) is 2.51. The number of methoxy groups -OCH3 is 2. The average Bonchev–Trinajstić information content (AvgIpc) is 2.93. The lowest BCUT2D eigenvalue weighted by atomic mass is 10.1. The Labute approximate surface area is 151 Å². The van der Waals surface area contributed by atoms with Crippen LogP contribution in [0.25, 0.3) is 11.0 Å². The van der Waals surface area contributed by atoms with Crippen LogP contribution in [0, 0.1) is 5.41 Å². The van der Waals surface area contributed by atoms with Gasteiger partial charge in [-0.3, -0.25) is 10.2 Å². The van der Waals surface area contributed by atoms with Crippen LogP contribution in [0.2, 0.25) is 0 Å². The van der Waals surface area contributed by atoms with Gasteiger partial charge in [-0.2, -0.15) is 0 Å². The first-order chi connectivity index (χ1) is 12.6. The number of carbonyl (C=O) groups is 1. The SMILES string of the molecule is C=CCn1c(=N)n(CC(=O)c2ccc(OC)c(OC)c2)c2ccccc21. The van der Waals surface area contributed by atoms with Crippen LogP contribution in [0.3, 0.4) is 0 Å². The van der Waals surface area contributed by atoms with E-state index in [2.05, 4.69) is 6.58 Å². The van der Waals surface area contributed by atoms with E-state index in [4.69, 9.17) is 14.9 Å². The smallest absolute Gasteiger partial charge is 0.203 e. The van der Waals surface area contributed by atoms with Crippen molar-refractivity contribution >= 4 is 16.8 Å². The lowest BCUT2D eigenvalue weighted by molar-refractivity contribution is 0.0971. The maximum Gasteiger partial charge on any atom is 0.203 e. The third-order valence-corrected chi connectivity index (χ3v) is 4.29. The van der Waals surface area contributed by atoms with Crippen molar-refractivity contribution in [1.29, 1.82) is 5.41 Å². The maximum atomic E-state index is 12.8. The molecule has 6 heteroatoms. The van der Waals surface area contributed by atoms with Gasteiger partial charge >= 0.3 is 0 Å². The Balaban J connectivity index is 2.01. The Hall–Kier alpha value is -3.28. The molecule has 3 aromatic rings. The van der Waals surface area contributed by atoms with Crippen LogP contribution in [0.5, 0.6) is 11.5 Å². The molecule has 0 spiro atoms. The van der Waals surface area contributed by atoms with E-state index in [1.165, 1.54) is 7.11 Å². The number of allylic oxidation sites excluding steroid dienone is 1.